The zero-order chi connectivity index (χ0) is 14.8. The van der Waals surface area contributed by atoms with Crippen molar-refractivity contribution in [1.29, 1.82) is 0 Å². The van der Waals surface area contributed by atoms with Crippen molar-refractivity contribution in [2.24, 2.45) is 0 Å². The Labute approximate surface area is 121 Å². The lowest BCUT2D eigenvalue weighted by Crippen LogP contribution is -2.42. The SMILES string of the molecule is COC(C)(C)CN(C)C(C)Cc1ccc2c(c1)OCO2. The molecule has 0 fully saturated rings. The van der Waals surface area contributed by atoms with E-state index in [4.69, 9.17) is 14.2 Å². The van der Waals surface area contributed by atoms with Gasteiger partial charge in [0.2, 0.25) is 6.79 Å². The van der Waals surface area contributed by atoms with E-state index in [0.717, 1.165) is 24.5 Å². The minimum atomic E-state index is -0.127. The maximum Gasteiger partial charge on any atom is 0.231 e. The Morgan fingerprint density at radius 2 is 2.00 bits per heavy atom. The standard InChI is InChI=1S/C16H25NO3/c1-12(17(4)10-16(2,3)18-5)8-13-6-7-14-15(9-13)20-11-19-14/h6-7,9,12H,8,10-11H2,1-5H3. The Balaban J connectivity index is 1.95. The lowest BCUT2D eigenvalue weighted by molar-refractivity contribution is -0.00918. The highest BCUT2D eigenvalue weighted by Crippen LogP contribution is 2.33. The van der Waals surface area contributed by atoms with Gasteiger partial charge in [-0.25, -0.2) is 0 Å². The van der Waals surface area contributed by atoms with E-state index in [-0.39, 0.29) is 5.60 Å². The largest absolute Gasteiger partial charge is 0.454 e. The van der Waals surface area contributed by atoms with Crippen molar-refractivity contribution in [2.45, 2.75) is 38.8 Å². The van der Waals surface area contributed by atoms with Gasteiger partial charge in [-0.1, -0.05) is 6.07 Å². The lowest BCUT2D eigenvalue weighted by atomic mass is 10.0. The second-order valence-electron chi connectivity index (χ2n) is 6.12. The first kappa shape index (κ1) is 15.1. The molecule has 1 heterocycles. The van der Waals surface area contributed by atoms with Crippen LogP contribution in [0.5, 0.6) is 11.5 Å². The third-order valence-corrected chi connectivity index (χ3v) is 3.90. The molecule has 0 radical (unpaired) electrons. The molecule has 4 nitrogen and oxygen atoms in total. The number of benzene rings is 1. The van der Waals surface area contributed by atoms with E-state index in [1.165, 1.54) is 5.56 Å². The lowest BCUT2D eigenvalue weighted by Gasteiger charge is -2.33. The molecule has 0 bridgehead atoms. The van der Waals surface area contributed by atoms with Crippen molar-refractivity contribution in [2.75, 3.05) is 27.5 Å². The van der Waals surface area contributed by atoms with E-state index in [1.54, 1.807) is 7.11 Å². The zero-order valence-corrected chi connectivity index (χ0v) is 13.1. The monoisotopic (exact) mass is 279 g/mol. The van der Waals surface area contributed by atoms with Crippen LogP contribution in [0.25, 0.3) is 0 Å². The van der Waals surface area contributed by atoms with Gasteiger partial charge < -0.3 is 19.1 Å². The molecule has 1 aromatic rings. The van der Waals surface area contributed by atoms with Gasteiger partial charge in [0.1, 0.15) is 0 Å². The summed E-state index contributed by atoms with van der Waals surface area (Å²) in [6, 6.07) is 6.61. The summed E-state index contributed by atoms with van der Waals surface area (Å²) in [5.74, 6) is 1.70. The van der Waals surface area contributed by atoms with Gasteiger partial charge in [-0.05, 0) is 51.9 Å². The Kier molecular flexibility index (Phi) is 4.55. The first-order valence-electron chi connectivity index (χ1n) is 7.05. The van der Waals surface area contributed by atoms with Gasteiger partial charge >= 0.3 is 0 Å². The van der Waals surface area contributed by atoms with Gasteiger partial charge in [0.15, 0.2) is 11.5 Å². The predicted octanol–water partition coefficient (Wildman–Crippen LogP) is 2.70. The summed E-state index contributed by atoms with van der Waals surface area (Å²) >= 11 is 0. The summed E-state index contributed by atoms with van der Waals surface area (Å²) in [6.07, 6.45) is 0.979. The van der Waals surface area contributed by atoms with Crippen LogP contribution in [0, 0.1) is 0 Å². The summed E-state index contributed by atoms with van der Waals surface area (Å²) < 4.78 is 16.3. The van der Waals surface area contributed by atoms with E-state index in [0.29, 0.717) is 12.8 Å². The average Bonchev–Trinajstić information content (AvgIpc) is 2.85. The Hall–Kier alpha value is -1.26. The molecular weight excluding hydrogens is 254 g/mol. The molecule has 112 valence electrons. The second kappa shape index (κ2) is 6.02. The molecule has 2 rings (SSSR count). The molecule has 1 aliphatic rings. The van der Waals surface area contributed by atoms with Crippen LogP contribution in [0.4, 0.5) is 0 Å². The molecule has 1 atom stereocenters. The van der Waals surface area contributed by atoms with Crippen LogP contribution in [-0.4, -0.2) is 44.0 Å². The van der Waals surface area contributed by atoms with E-state index in [9.17, 15) is 0 Å². The van der Waals surface area contributed by atoms with Crippen molar-refractivity contribution in [3.63, 3.8) is 0 Å². The fourth-order valence-corrected chi connectivity index (χ4v) is 2.39. The molecule has 1 unspecified atom stereocenters. The Bertz CT molecular complexity index is 459. The highest BCUT2D eigenvalue weighted by molar-refractivity contribution is 5.44. The molecule has 0 spiro atoms. The molecule has 20 heavy (non-hydrogen) atoms. The molecule has 0 aliphatic carbocycles. The zero-order valence-electron chi connectivity index (χ0n) is 13.1. The van der Waals surface area contributed by atoms with Gasteiger partial charge in [-0.2, -0.15) is 0 Å². The molecule has 1 aromatic carbocycles. The smallest absolute Gasteiger partial charge is 0.231 e. The quantitative estimate of drug-likeness (QED) is 0.801. The normalized spacial score (nSPS) is 15.7. The van der Waals surface area contributed by atoms with Gasteiger partial charge in [0, 0.05) is 19.7 Å². The van der Waals surface area contributed by atoms with Crippen LogP contribution in [0.3, 0.4) is 0 Å². The highest BCUT2D eigenvalue weighted by atomic mass is 16.7. The molecule has 4 heteroatoms. The van der Waals surface area contributed by atoms with Gasteiger partial charge in [-0.3, -0.25) is 0 Å². The van der Waals surface area contributed by atoms with E-state index in [2.05, 4.69) is 44.9 Å². The number of methoxy groups -OCH3 is 1. The third kappa shape index (κ3) is 3.64. The maximum absolute atomic E-state index is 5.49. The Morgan fingerprint density at radius 3 is 2.70 bits per heavy atom. The average molecular weight is 279 g/mol. The van der Waals surface area contributed by atoms with Gasteiger partial charge in [-0.15, -0.1) is 0 Å². The summed E-state index contributed by atoms with van der Waals surface area (Å²) in [5, 5.41) is 0. The number of likely N-dealkylation sites (N-methyl/N-ethyl adjacent to an activating group) is 1. The van der Waals surface area contributed by atoms with Crippen molar-refractivity contribution in [3.05, 3.63) is 23.8 Å². The number of hydrogen-bond acceptors (Lipinski definition) is 4. The first-order chi connectivity index (χ1) is 9.41. The summed E-state index contributed by atoms with van der Waals surface area (Å²) in [7, 11) is 3.90. The number of fused-ring (bicyclic) bond motifs is 1. The van der Waals surface area contributed by atoms with Crippen LogP contribution in [0.1, 0.15) is 26.3 Å². The van der Waals surface area contributed by atoms with Gasteiger partial charge in [0.25, 0.3) is 0 Å². The number of ether oxygens (including phenoxy) is 3. The van der Waals surface area contributed by atoms with Crippen molar-refractivity contribution < 1.29 is 14.2 Å². The third-order valence-electron chi connectivity index (χ3n) is 3.90. The maximum atomic E-state index is 5.49. The minimum absolute atomic E-state index is 0.127. The molecular formula is C16H25NO3. The molecule has 0 saturated carbocycles. The minimum Gasteiger partial charge on any atom is -0.454 e. The topological polar surface area (TPSA) is 30.9 Å². The fraction of sp³-hybridized carbons (Fsp3) is 0.625. The van der Waals surface area contributed by atoms with Crippen molar-refractivity contribution >= 4 is 0 Å². The first-order valence-corrected chi connectivity index (χ1v) is 7.05. The van der Waals surface area contributed by atoms with E-state index in [1.807, 2.05) is 6.07 Å². The summed E-state index contributed by atoms with van der Waals surface area (Å²) in [6.45, 7) is 7.68. The van der Waals surface area contributed by atoms with Crippen LogP contribution in [0.2, 0.25) is 0 Å². The van der Waals surface area contributed by atoms with E-state index >= 15 is 0 Å². The molecule has 0 amide bonds. The van der Waals surface area contributed by atoms with Crippen LogP contribution < -0.4 is 9.47 Å². The van der Waals surface area contributed by atoms with E-state index < -0.39 is 0 Å². The molecule has 0 aromatic heterocycles. The number of rotatable bonds is 6. The van der Waals surface area contributed by atoms with Crippen molar-refractivity contribution in [3.8, 4) is 11.5 Å². The van der Waals surface area contributed by atoms with Crippen LogP contribution in [-0.2, 0) is 11.2 Å². The molecule has 0 N–H and O–H groups in total. The number of hydrogen-bond donors (Lipinski definition) is 0. The molecule has 1 aliphatic heterocycles. The summed E-state index contributed by atoms with van der Waals surface area (Å²) in [5.41, 5.74) is 1.14. The Morgan fingerprint density at radius 1 is 1.30 bits per heavy atom. The number of nitrogens with zero attached hydrogens (tertiary/aromatic N) is 1. The van der Waals surface area contributed by atoms with Crippen LogP contribution in [0.15, 0.2) is 18.2 Å². The summed E-state index contributed by atoms with van der Waals surface area (Å²) in [4.78, 5) is 2.33. The van der Waals surface area contributed by atoms with Crippen molar-refractivity contribution in [1.82, 2.24) is 4.90 Å². The fourth-order valence-electron chi connectivity index (χ4n) is 2.39. The highest BCUT2D eigenvalue weighted by Gasteiger charge is 2.22. The molecule has 0 saturated heterocycles. The van der Waals surface area contributed by atoms with Gasteiger partial charge in [0.05, 0.1) is 5.60 Å². The second-order valence-corrected chi connectivity index (χ2v) is 6.12. The van der Waals surface area contributed by atoms with Crippen LogP contribution >= 0.6 is 0 Å². The predicted molar refractivity (Wildman–Crippen MR) is 79.4 cm³/mol.